The Labute approximate surface area is 165 Å². The average molecular weight is 398 g/mol. The first-order valence-corrected chi connectivity index (χ1v) is 11.0. The van der Waals surface area contributed by atoms with Gasteiger partial charge in [-0.05, 0) is 50.3 Å². The maximum Gasteiger partial charge on any atom is 0.239 e. The van der Waals surface area contributed by atoms with Crippen LogP contribution in [0.5, 0.6) is 0 Å². The van der Waals surface area contributed by atoms with Crippen LogP contribution in [0.3, 0.4) is 0 Å². The number of para-hydroxylation sites is 1. The van der Waals surface area contributed by atoms with Gasteiger partial charge in [-0.3, -0.25) is 4.31 Å². The largest absolute Gasteiger partial charge is 0.353 e. The molecule has 1 fully saturated rings. The van der Waals surface area contributed by atoms with Gasteiger partial charge in [-0.25, -0.2) is 8.42 Å². The van der Waals surface area contributed by atoms with Gasteiger partial charge in [0.2, 0.25) is 10.0 Å². The summed E-state index contributed by atoms with van der Waals surface area (Å²) in [4.78, 5) is 1.91. The highest BCUT2D eigenvalue weighted by molar-refractivity contribution is 7.93. The number of anilines is 2. The second-order valence-electron chi connectivity index (χ2n) is 7.43. The molecule has 1 saturated heterocycles. The van der Waals surface area contributed by atoms with E-state index in [9.17, 15) is 13.7 Å². The zero-order chi connectivity index (χ0) is 19.9. The van der Waals surface area contributed by atoms with Crippen molar-refractivity contribution >= 4 is 21.5 Å². The third-order valence-corrected chi connectivity index (χ3v) is 8.02. The van der Waals surface area contributed by atoms with Crippen molar-refractivity contribution < 1.29 is 8.42 Å². The fraction of sp³-hybridized carbons (Fsp3) is 0.450. The van der Waals surface area contributed by atoms with E-state index in [-0.39, 0.29) is 0 Å². The Kier molecular flexibility index (Phi) is 4.71. The van der Waals surface area contributed by atoms with Crippen LogP contribution in [0.2, 0.25) is 0 Å². The highest BCUT2D eigenvalue weighted by atomic mass is 32.2. The van der Waals surface area contributed by atoms with E-state index in [1.165, 1.54) is 0 Å². The Bertz CT molecular complexity index is 1060. The molecule has 1 unspecified atom stereocenters. The lowest BCUT2D eigenvalue weighted by atomic mass is 10.1. The summed E-state index contributed by atoms with van der Waals surface area (Å²) in [6.45, 7) is 5.17. The molecular weight excluding hydrogens is 374 g/mol. The van der Waals surface area contributed by atoms with Crippen LogP contribution in [0.1, 0.15) is 35.2 Å². The molecule has 2 aromatic rings. The molecule has 0 aliphatic carbocycles. The summed E-state index contributed by atoms with van der Waals surface area (Å²) < 4.78 is 28.4. The highest BCUT2D eigenvalue weighted by Gasteiger charge is 2.39. The third-order valence-electron chi connectivity index (χ3n) is 5.80. The summed E-state index contributed by atoms with van der Waals surface area (Å²) in [5.41, 5.74) is 3.87. The minimum Gasteiger partial charge on any atom is -0.353 e. The van der Waals surface area contributed by atoms with Crippen molar-refractivity contribution in [3.8, 4) is 6.07 Å². The molecule has 0 N–H and O–H groups in total. The molecule has 0 saturated carbocycles. The predicted octanol–water partition coefficient (Wildman–Crippen LogP) is 2.33. The van der Waals surface area contributed by atoms with Crippen molar-refractivity contribution in [2.24, 2.45) is 0 Å². The van der Waals surface area contributed by atoms with Gasteiger partial charge in [-0.2, -0.15) is 10.4 Å². The molecule has 1 aromatic heterocycles. The van der Waals surface area contributed by atoms with Crippen molar-refractivity contribution in [1.82, 2.24) is 10.2 Å². The average Bonchev–Trinajstić information content (AvgIpc) is 3.15. The van der Waals surface area contributed by atoms with E-state index in [4.69, 9.17) is 0 Å². The van der Waals surface area contributed by atoms with Crippen LogP contribution in [0.15, 0.2) is 24.3 Å². The Morgan fingerprint density at radius 1 is 1.18 bits per heavy atom. The molecule has 3 heterocycles. The summed E-state index contributed by atoms with van der Waals surface area (Å²) in [6, 6.07) is 9.91. The maximum atomic E-state index is 13.4. The minimum absolute atomic E-state index is 0.326. The predicted molar refractivity (Wildman–Crippen MR) is 108 cm³/mol. The van der Waals surface area contributed by atoms with E-state index >= 15 is 0 Å². The number of hydrogen-bond donors (Lipinski definition) is 0. The monoisotopic (exact) mass is 397 g/mol. The van der Waals surface area contributed by atoms with Crippen LogP contribution >= 0.6 is 0 Å². The van der Waals surface area contributed by atoms with E-state index in [1.54, 1.807) is 4.31 Å². The van der Waals surface area contributed by atoms with Gasteiger partial charge in [0, 0.05) is 19.6 Å². The SMILES string of the molecule is Cc1nnc(N2CCCC(S(=O)(=O)N3CCc4ccccc43)C2)c(C#N)c1C. The van der Waals surface area contributed by atoms with Crippen molar-refractivity contribution in [2.75, 3.05) is 28.8 Å². The van der Waals surface area contributed by atoms with E-state index in [0.717, 1.165) is 35.3 Å². The van der Waals surface area contributed by atoms with Gasteiger partial charge in [-0.15, -0.1) is 5.10 Å². The van der Waals surface area contributed by atoms with Crippen LogP contribution < -0.4 is 9.21 Å². The number of fused-ring (bicyclic) bond motifs is 1. The number of benzene rings is 1. The topological polar surface area (TPSA) is 90.2 Å². The number of hydrogen-bond acceptors (Lipinski definition) is 6. The molecule has 7 nitrogen and oxygen atoms in total. The molecule has 4 rings (SSSR count). The van der Waals surface area contributed by atoms with Gasteiger partial charge in [0.25, 0.3) is 0 Å². The number of sulfonamides is 1. The molecule has 0 spiro atoms. The Hall–Kier alpha value is -2.66. The number of aromatic nitrogens is 2. The van der Waals surface area contributed by atoms with E-state index < -0.39 is 15.3 Å². The first-order valence-electron chi connectivity index (χ1n) is 9.52. The Balaban J connectivity index is 1.63. The zero-order valence-corrected chi connectivity index (χ0v) is 16.9. The summed E-state index contributed by atoms with van der Waals surface area (Å²) in [5, 5.41) is 17.4. The minimum atomic E-state index is -3.49. The van der Waals surface area contributed by atoms with Gasteiger partial charge in [0.05, 0.1) is 16.6 Å². The quantitative estimate of drug-likeness (QED) is 0.790. The lowest BCUT2D eigenvalue weighted by Gasteiger charge is -2.35. The van der Waals surface area contributed by atoms with Crippen molar-refractivity contribution in [3.63, 3.8) is 0 Å². The first kappa shape index (κ1) is 18.7. The second-order valence-corrected chi connectivity index (χ2v) is 9.56. The smallest absolute Gasteiger partial charge is 0.239 e. The summed E-state index contributed by atoms with van der Waals surface area (Å²) in [6.07, 6.45) is 2.09. The first-order chi connectivity index (χ1) is 13.4. The summed E-state index contributed by atoms with van der Waals surface area (Å²) in [7, 11) is -3.49. The number of rotatable bonds is 3. The van der Waals surface area contributed by atoms with Gasteiger partial charge in [0.15, 0.2) is 5.82 Å². The molecule has 2 aliphatic rings. The van der Waals surface area contributed by atoms with Crippen LogP contribution in [0.25, 0.3) is 0 Å². The van der Waals surface area contributed by atoms with Crippen molar-refractivity contribution in [1.29, 1.82) is 5.26 Å². The molecular formula is C20H23N5O2S. The van der Waals surface area contributed by atoms with Crippen molar-refractivity contribution in [3.05, 3.63) is 46.6 Å². The van der Waals surface area contributed by atoms with Gasteiger partial charge in [-0.1, -0.05) is 18.2 Å². The Morgan fingerprint density at radius 2 is 1.96 bits per heavy atom. The number of nitriles is 1. The number of aryl methyl sites for hydroxylation is 1. The van der Waals surface area contributed by atoms with Gasteiger partial charge < -0.3 is 4.90 Å². The summed E-state index contributed by atoms with van der Waals surface area (Å²) in [5.74, 6) is 0.493. The maximum absolute atomic E-state index is 13.4. The van der Waals surface area contributed by atoms with E-state index in [0.29, 0.717) is 37.4 Å². The van der Waals surface area contributed by atoms with Gasteiger partial charge >= 0.3 is 0 Å². The lowest BCUT2D eigenvalue weighted by Crippen LogP contribution is -2.48. The molecule has 2 aliphatic heterocycles. The summed E-state index contributed by atoms with van der Waals surface area (Å²) >= 11 is 0. The van der Waals surface area contributed by atoms with Gasteiger partial charge in [0.1, 0.15) is 11.6 Å². The molecule has 1 atom stereocenters. The normalized spacial score (nSPS) is 19.4. The molecule has 0 radical (unpaired) electrons. The van der Waals surface area contributed by atoms with E-state index in [2.05, 4.69) is 16.3 Å². The standard InChI is InChI=1S/C20H23N5O2S/c1-14-15(2)22-23-20(18(14)12-21)24-10-5-7-17(13-24)28(26,27)25-11-9-16-6-3-4-8-19(16)25/h3-4,6,8,17H,5,7,9-11,13H2,1-2H3. The van der Waals surface area contributed by atoms with Crippen LogP contribution in [0, 0.1) is 25.2 Å². The second kappa shape index (κ2) is 7.06. The fourth-order valence-corrected chi connectivity index (χ4v) is 6.07. The zero-order valence-electron chi connectivity index (χ0n) is 16.1. The van der Waals surface area contributed by atoms with Crippen molar-refractivity contribution in [2.45, 2.75) is 38.4 Å². The fourth-order valence-electron chi connectivity index (χ4n) is 4.08. The molecule has 8 heteroatoms. The number of piperidine rings is 1. The van der Waals surface area contributed by atoms with Crippen LogP contribution in [0.4, 0.5) is 11.5 Å². The lowest BCUT2D eigenvalue weighted by molar-refractivity contribution is 0.526. The highest BCUT2D eigenvalue weighted by Crippen LogP contribution is 2.34. The van der Waals surface area contributed by atoms with Crippen LogP contribution in [-0.2, 0) is 16.4 Å². The third kappa shape index (κ3) is 3.00. The molecule has 0 amide bonds. The molecule has 0 bridgehead atoms. The van der Waals surface area contributed by atoms with Crippen LogP contribution in [-0.4, -0.2) is 43.5 Å². The molecule has 28 heavy (non-hydrogen) atoms. The molecule has 146 valence electrons. The Morgan fingerprint density at radius 3 is 2.75 bits per heavy atom. The van der Waals surface area contributed by atoms with E-state index in [1.807, 2.05) is 43.0 Å². The number of nitrogens with zero attached hydrogens (tertiary/aromatic N) is 5. The molecule has 1 aromatic carbocycles.